The molecule has 0 aliphatic rings. The van der Waals surface area contributed by atoms with Crippen LogP contribution in [-0.4, -0.2) is 29.9 Å². The summed E-state index contributed by atoms with van der Waals surface area (Å²) in [6.45, 7) is 6.24. The molecule has 0 unspecified atom stereocenters. The Bertz CT molecular complexity index is 5340. The van der Waals surface area contributed by atoms with Crippen LogP contribution in [0.1, 0.15) is 16.8 Å². The van der Waals surface area contributed by atoms with Gasteiger partial charge in [0.25, 0.3) is 0 Å². The minimum absolute atomic E-state index is 1.01. The van der Waals surface area contributed by atoms with E-state index in [0.717, 1.165) is 78.7 Å². The Balaban J connectivity index is 0.000000117. The molecule has 18 rings (SSSR count). The summed E-state index contributed by atoms with van der Waals surface area (Å²) in [5, 5.41) is 0. The van der Waals surface area contributed by atoms with Crippen LogP contribution in [0.25, 0.3) is 134 Å². The molecule has 6 heterocycles. The molecule has 18 aromatic rings. The van der Waals surface area contributed by atoms with Crippen LogP contribution in [0.5, 0.6) is 0 Å². The monoisotopic (exact) mass is 1430 g/mol. The van der Waals surface area contributed by atoms with Crippen molar-refractivity contribution >= 4 is 0 Å². The van der Waals surface area contributed by atoms with Gasteiger partial charge < -0.3 is 0 Å². The molecule has 0 atom stereocenters. The van der Waals surface area contributed by atoms with Gasteiger partial charge >= 0.3 is 0 Å². The minimum Gasteiger partial charge on any atom is -0.263 e. The van der Waals surface area contributed by atoms with Crippen LogP contribution in [-0.2, 0) is 0 Å². The van der Waals surface area contributed by atoms with Crippen molar-refractivity contribution in [2.75, 3.05) is 0 Å². The molecule has 6 aromatic heterocycles. The van der Waals surface area contributed by atoms with E-state index in [1.807, 2.05) is 202 Å². The van der Waals surface area contributed by atoms with Crippen LogP contribution >= 0.6 is 0 Å². The number of aryl methyl sites for hydroxylation is 3. The van der Waals surface area contributed by atoms with Gasteiger partial charge in [-0.15, -0.1) is 0 Å². The first-order chi connectivity index (χ1) is 54.8. The fraction of sp³-hybridized carbons (Fsp3) is 0.0286. The molecule has 0 spiro atoms. The van der Waals surface area contributed by atoms with E-state index in [4.69, 9.17) is 0 Å². The fourth-order valence-corrected chi connectivity index (χ4v) is 12.6. The van der Waals surface area contributed by atoms with Gasteiger partial charge in [-0.25, -0.2) is 0 Å². The normalized spacial score (nSPS) is 10.3. The Morgan fingerprint density at radius 2 is 0.477 bits per heavy atom. The van der Waals surface area contributed by atoms with E-state index in [0.29, 0.717) is 0 Å². The molecular weight excluding hydrogens is 1350 g/mol. The lowest BCUT2D eigenvalue weighted by molar-refractivity contribution is 1.21. The number of nitrogens with zero attached hydrogens (tertiary/aromatic N) is 6. The van der Waals surface area contributed by atoms with Gasteiger partial charge in [-0.05, 0) is 142 Å². The van der Waals surface area contributed by atoms with Crippen LogP contribution in [0.4, 0.5) is 0 Å². The Morgan fingerprint density at radius 3 is 0.874 bits per heavy atom. The number of hydrogen-bond donors (Lipinski definition) is 0. The van der Waals surface area contributed by atoms with Gasteiger partial charge in [-0.2, -0.15) is 0 Å². The first kappa shape index (κ1) is 74.8. The summed E-state index contributed by atoms with van der Waals surface area (Å²) in [5.41, 5.74) is 31.3. The summed E-state index contributed by atoms with van der Waals surface area (Å²) in [7, 11) is 0. The van der Waals surface area contributed by atoms with Crippen LogP contribution in [0.2, 0.25) is 0 Å². The largest absolute Gasteiger partial charge is 0.263 e. The number of benzene rings is 12. The second kappa shape index (κ2) is 39.2. The summed E-state index contributed by atoms with van der Waals surface area (Å²) in [6.07, 6.45) is 11.4. The molecule has 0 aliphatic carbocycles. The molecule has 0 amide bonds. The van der Waals surface area contributed by atoms with Crippen molar-refractivity contribution in [3.8, 4) is 134 Å². The smallest absolute Gasteiger partial charge is 0.0705 e. The molecule has 6 heteroatoms. The summed E-state index contributed by atoms with van der Waals surface area (Å²) >= 11 is 0. The van der Waals surface area contributed by atoms with Gasteiger partial charge in [0, 0.05) is 92.9 Å². The van der Waals surface area contributed by atoms with Gasteiger partial charge in [0.1, 0.15) is 0 Å². The van der Waals surface area contributed by atoms with E-state index in [9.17, 15) is 0 Å². The molecule has 0 saturated heterocycles. The molecule has 534 valence electrons. The summed E-state index contributed by atoms with van der Waals surface area (Å²) in [4.78, 5) is 26.8. The maximum Gasteiger partial charge on any atom is 0.0705 e. The van der Waals surface area contributed by atoms with Crippen molar-refractivity contribution in [2.45, 2.75) is 20.8 Å². The van der Waals surface area contributed by atoms with Crippen LogP contribution < -0.4 is 0 Å². The lowest BCUT2D eigenvalue weighted by Crippen LogP contribution is -1.89. The number of rotatable bonds is 12. The van der Waals surface area contributed by atoms with E-state index >= 15 is 0 Å². The topological polar surface area (TPSA) is 77.3 Å². The van der Waals surface area contributed by atoms with Crippen LogP contribution in [0.3, 0.4) is 0 Å². The zero-order valence-electron chi connectivity index (χ0n) is 62.5. The lowest BCUT2D eigenvalue weighted by atomic mass is 10.0. The Kier molecular flexibility index (Phi) is 26.4. The summed E-state index contributed by atoms with van der Waals surface area (Å²) in [6, 6.07) is 143. The highest BCUT2D eigenvalue weighted by Gasteiger charge is 2.09. The van der Waals surface area contributed by atoms with Gasteiger partial charge in [0.15, 0.2) is 0 Å². The predicted octanol–water partition coefficient (Wildman–Crippen LogP) is 27.4. The Morgan fingerprint density at radius 1 is 0.171 bits per heavy atom. The van der Waals surface area contributed by atoms with Crippen molar-refractivity contribution in [3.63, 3.8) is 0 Å². The maximum atomic E-state index is 4.59. The first-order valence-corrected chi connectivity index (χ1v) is 37.3. The first-order valence-electron chi connectivity index (χ1n) is 37.3. The molecule has 0 fully saturated rings. The fourth-order valence-electron chi connectivity index (χ4n) is 12.6. The molecule has 0 aliphatic heterocycles. The number of hydrogen-bond acceptors (Lipinski definition) is 6. The molecule has 6 nitrogen and oxygen atoms in total. The molecule has 111 heavy (non-hydrogen) atoms. The molecule has 0 N–H and O–H groups in total. The van der Waals surface area contributed by atoms with Gasteiger partial charge in [0.2, 0.25) is 0 Å². The van der Waals surface area contributed by atoms with Crippen molar-refractivity contribution in [1.29, 1.82) is 0 Å². The average molecular weight is 1430 g/mol. The Labute approximate surface area is 653 Å². The summed E-state index contributed by atoms with van der Waals surface area (Å²) in [5.74, 6) is 0. The SMILES string of the molecule is Cc1cc(-c2ccccc2)ncc1-c1ccccc1.Cc1cccc(-c2ccc(-c3ccccc3)cc2)n1.Cc1ccnc(-c2ccc(-c3ccccc3)cc2)c1.c1ccc(-c2ccc(-c3ccccc3)nc2)cc1.c1ccc(-c2ccc(-c3ccccn3)cc2)cc1.c1ccc(-c2cncc(-c3ccccc3)c2)cc1. The van der Waals surface area contributed by atoms with Gasteiger partial charge in [-0.1, -0.05) is 364 Å². The highest BCUT2D eigenvalue weighted by molar-refractivity contribution is 5.75. The third kappa shape index (κ3) is 21.6. The maximum absolute atomic E-state index is 4.59. The van der Waals surface area contributed by atoms with Crippen molar-refractivity contribution < 1.29 is 0 Å². The lowest BCUT2D eigenvalue weighted by Gasteiger charge is -2.08. The number of aromatic nitrogens is 6. The third-order valence-corrected chi connectivity index (χ3v) is 18.5. The van der Waals surface area contributed by atoms with Crippen LogP contribution in [0.15, 0.2) is 456 Å². The highest BCUT2D eigenvalue weighted by atomic mass is 14.7. The quantitative estimate of drug-likeness (QED) is 0.121. The zero-order chi connectivity index (χ0) is 75.9. The minimum atomic E-state index is 1.01. The number of pyridine rings is 6. The van der Waals surface area contributed by atoms with Gasteiger partial charge in [-0.3, -0.25) is 29.9 Å². The Hall–Kier alpha value is -14.5. The average Bonchev–Trinajstić information content (AvgIpc) is 0.819. The van der Waals surface area contributed by atoms with Crippen LogP contribution in [0, 0.1) is 20.8 Å². The second-order valence-corrected chi connectivity index (χ2v) is 26.4. The zero-order valence-corrected chi connectivity index (χ0v) is 62.5. The van der Waals surface area contributed by atoms with Crippen molar-refractivity contribution in [1.82, 2.24) is 29.9 Å². The second-order valence-electron chi connectivity index (χ2n) is 26.4. The van der Waals surface area contributed by atoms with E-state index in [1.165, 1.54) is 72.3 Å². The summed E-state index contributed by atoms with van der Waals surface area (Å²) < 4.78 is 0. The standard InChI is InChI=1S/3C18H15N.3C17H13N/c1-14-12-18(16-10-6-3-7-11-16)19-13-17(14)15-8-4-2-5-9-15;1-14-6-5-9-18(19-14)17-12-10-16(11-13-17)15-7-3-2-4-8-15;1-14-11-12-19-18(13-14)17-9-7-16(8-10-17)15-5-3-2-4-6-15;1-3-7-14(8-4-1)16-11-17(13-18-12-16)15-9-5-2-6-10-15;1-3-7-14(8-4-1)16-11-12-17(18-13-16)15-9-5-2-6-10-15;1-2-6-14(7-3-1)15-9-11-16(12-10-15)17-8-4-5-13-18-17/h3*2-13H,1H3;3*1-13H. The van der Waals surface area contributed by atoms with Gasteiger partial charge in [0.05, 0.1) is 28.5 Å². The third-order valence-electron chi connectivity index (χ3n) is 18.5. The van der Waals surface area contributed by atoms with E-state index in [1.54, 1.807) is 0 Å². The predicted molar refractivity (Wildman–Crippen MR) is 465 cm³/mol. The molecule has 0 radical (unpaired) electrons. The molecule has 12 aromatic carbocycles. The van der Waals surface area contributed by atoms with E-state index in [2.05, 4.69) is 305 Å². The van der Waals surface area contributed by atoms with E-state index < -0.39 is 0 Å². The highest BCUT2D eigenvalue weighted by Crippen LogP contribution is 2.31. The van der Waals surface area contributed by atoms with Crippen molar-refractivity contribution in [2.24, 2.45) is 0 Å². The van der Waals surface area contributed by atoms with E-state index in [-0.39, 0.29) is 0 Å². The molecule has 0 bridgehead atoms. The van der Waals surface area contributed by atoms with Crippen molar-refractivity contribution in [3.05, 3.63) is 473 Å². The molecule has 0 saturated carbocycles. The molecular formula is C105H84N6.